The van der Waals surface area contributed by atoms with E-state index in [4.69, 9.17) is 24.2 Å². The van der Waals surface area contributed by atoms with Gasteiger partial charge in [0.1, 0.15) is 11.5 Å². The lowest BCUT2D eigenvalue weighted by atomic mass is 9.98. The summed E-state index contributed by atoms with van der Waals surface area (Å²) in [5.74, 6) is 0.198. The molecule has 0 bridgehead atoms. The van der Waals surface area contributed by atoms with Crippen LogP contribution >= 0.6 is 0 Å². The molecular formula is C54H48N4O6. The van der Waals surface area contributed by atoms with E-state index in [2.05, 4.69) is 22.8 Å². The highest BCUT2D eigenvalue weighted by molar-refractivity contribution is 5.97. The lowest BCUT2D eigenvalue weighted by Gasteiger charge is -2.15. The molecule has 2 heterocycles. The fraction of sp³-hybridized carbons (Fsp3) is 0.111. The van der Waals surface area contributed by atoms with Crippen molar-refractivity contribution in [3.63, 3.8) is 0 Å². The summed E-state index contributed by atoms with van der Waals surface area (Å²) in [6.45, 7) is 5.94. The van der Waals surface area contributed by atoms with Crippen LogP contribution in [0.5, 0.6) is 11.5 Å². The van der Waals surface area contributed by atoms with Crippen LogP contribution in [0.3, 0.4) is 0 Å². The zero-order valence-electron chi connectivity index (χ0n) is 36.3. The molecule has 0 aliphatic heterocycles. The highest BCUT2D eigenvalue weighted by Crippen LogP contribution is 2.37. The predicted molar refractivity (Wildman–Crippen MR) is 255 cm³/mol. The first-order chi connectivity index (χ1) is 31.1. The van der Waals surface area contributed by atoms with Crippen LogP contribution in [0.4, 0.5) is 22.7 Å². The highest BCUT2D eigenvalue weighted by atomic mass is 16.5. The van der Waals surface area contributed by atoms with Gasteiger partial charge in [-0.3, -0.25) is 9.97 Å². The number of aromatic carboxylic acids is 1. The Hall–Kier alpha value is -8.24. The Bertz CT molecular complexity index is 2900. The van der Waals surface area contributed by atoms with Crippen LogP contribution in [-0.2, 0) is 4.74 Å². The van der Waals surface area contributed by atoms with E-state index in [0.717, 1.165) is 73.1 Å². The van der Waals surface area contributed by atoms with E-state index in [9.17, 15) is 14.7 Å². The van der Waals surface area contributed by atoms with E-state index < -0.39 is 5.97 Å². The first kappa shape index (κ1) is 43.8. The number of nitrogens with zero attached hydrogens (tertiary/aromatic N) is 2. The van der Waals surface area contributed by atoms with E-state index in [-0.39, 0.29) is 11.5 Å². The summed E-state index contributed by atoms with van der Waals surface area (Å²) in [7, 11) is 3.29. The fourth-order valence-electron chi connectivity index (χ4n) is 7.14. The minimum atomic E-state index is -0.976. The lowest BCUT2D eigenvalue weighted by molar-refractivity contribution is 0.0527. The number of ether oxygens (including phenoxy) is 3. The molecule has 0 atom stereocenters. The Morgan fingerprint density at radius 1 is 0.531 bits per heavy atom. The van der Waals surface area contributed by atoms with Gasteiger partial charge in [0.05, 0.1) is 78.5 Å². The summed E-state index contributed by atoms with van der Waals surface area (Å²) >= 11 is 0. The van der Waals surface area contributed by atoms with Gasteiger partial charge in [0.25, 0.3) is 0 Å². The zero-order chi connectivity index (χ0) is 45.0. The lowest BCUT2D eigenvalue weighted by Crippen LogP contribution is -2.08. The zero-order valence-corrected chi connectivity index (χ0v) is 36.3. The maximum absolute atomic E-state index is 12.5. The van der Waals surface area contributed by atoms with Gasteiger partial charge in [-0.2, -0.15) is 0 Å². The van der Waals surface area contributed by atoms with Crippen LogP contribution in [0, 0.1) is 13.8 Å². The molecule has 64 heavy (non-hydrogen) atoms. The number of rotatable bonds is 13. The third-order valence-corrected chi connectivity index (χ3v) is 10.3. The van der Waals surface area contributed by atoms with Gasteiger partial charge in [-0.25, -0.2) is 9.59 Å². The van der Waals surface area contributed by atoms with Gasteiger partial charge in [0.2, 0.25) is 0 Å². The maximum Gasteiger partial charge on any atom is 0.340 e. The van der Waals surface area contributed by atoms with Crippen LogP contribution in [-0.4, -0.2) is 47.8 Å². The molecule has 8 rings (SSSR count). The molecule has 0 aliphatic rings. The second kappa shape index (κ2) is 20.5. The number of aromatic nitrogens is 2. The number of esters is 1. The number of pyridine rings is 2. The number of carboxylic acids is 1. The second-order valence-corrected chi connectivity index (χ2v) is 14.8. The average molecular weight is 849 g/mol. The molecule has 10 nitrogen and oxygen atoms in total. The molecule has 8 aromatic rings. The molecule has 0 radical (unpaired) electrons. The standard InChI is InChI=1S/C28H26N2O3.C26H22N2O3/c1-4-33-28(31)25-15-19(2)13-14-26(25)30-22-17-24(20-9-6-5-7-10-20)27(29-18-22)21-11-8-12-23(16-21)32-3;1-17-11-12-24(23(13-17)26(29)30)28-20-15-22(18-7-4-3-5-8-18)25(27-16-20)19-9-6-10-21(14-19)31-2/h5-18,30H,4H2,1-3H3;3-16,28H,1-2H3,(H,29,30). The largest absolute Gasteiger partial charge is 0.497 e. The van der Waals surface area contributed by atoms with E-state index >= 15 is 0 Å². The maximum atomic E-state index is 12.5. The number of carboxylic acid groups (broad SMARTS) is 1. The van der Waals surface area contributed by atoms with Crippen molar-refractivity contribution in [1.29, 1.82) is 0 Å². The molecule has 320 valence electrons. The quantitative estimate of drug-likeness (QED) is 0.0963. The Kier molecular flexibility index (Phi) is 14.1. The summed E-state index contributed by atoms with van der Waals surface area (Å²) in [5.41, 5.74) is 12.8. The van der Waals surface area contributed by atoms with E-state index in [0.29, 0.717) is 29.2 Å². The summed E-state index contributed by atoms with van der Waals surface area (Å²) in [6, 6.07) is 50.7. The van der Waals surface area contributed by atoms with Crippen LogP contribution < -0.4 is 20.1 Å². The van der Waals surface area contributed by atoms with E-state index in [1.807, 2.05) is 147 Å². The van der Waals surface area contributed by atoms with Gasteiger partial charge >= 0.3 is 11.9 Å². The number of carbonyl (C=O) groups excluding carboxylic acids is 1. The smallest absolute Gasteiger partial charge is 0.340 e. The van der Waals surface area contributed by atoms with Gasteiger partial charge in [-0.1, -0.05) is 108 Å². The van der Waals surface area contributed by atoms with Crippen molar-refractivity contribution >= 4 is 34.7 Å². The number of methoxy groups -OCH3 is 2. The van der Waals surface area contributed by atoms with Crippen molar-refractivity contribution in [3.8, 4) is 56.3 Å². The normalized spacial score (nSPS) is 10.5. The Labute approximate surface area is 373 Å². The van der Waals surface area contributed by atoms with Gasteiger partial charge in [0, 0.05) is 22.3 Å². The molecule has 0 saturated heterocycles. The number of carbonyl (C=O) groups is 2. The summed E-state index contributed by atoms with van der Waals surface area (Å²) in [6.07, 6.45) is 3.49. The minimum absolute atomic E-state index is 0.220. The number of anilines is 4. The van der Waals surface area contributed by atoms with Crippen molar-refractivity contribution in [2.75, 3.05) is 31.5 Å². The third-order valence-electron chi connectivity index (χ3n) is 10.3. The summed E-state index contributed by atoms with van der Waals surface area (Å²) < 4.78 is 16.0. The monoisotopic (exact) mass is 848 g/mol. The molecule has 2 aromatic heterocycles. The molecule has 10 heteroatoms. The van der Waals surface area contributed by atoms with Crippen molar-refractivity contribution in [2.24, 2.45) is 0 Å². The fourth-order valence-corrected chi connectivity index (χ4v) is 7.14. The van der Waals surface area contributed by atoms with Gasteiger partial charge < -0.3 is 30.0 Å². The van der Waals surface area contributed by atoms with E-state index in [1.54, 1.807) is 45.7 Å². The molecule has 0 spiro atoms. The van der Waals surface area contributed by atoms with Crippen LogP contribution in [0.2, 0.25) is 0 Å². The molecule has 0 unspecified atom stereocenters. The molecule has 0 saturated carbocycles. The topological polar surface area (TPSA) is 132 Å². The van der Waals surface area contributed by atoms with Crippen LogP contribution in [0.25, 0.3) is 44.8 Å². The van der Waals surface area contributed by atoms with Gasteiger partial charge in [0.15, 0.2) is 0 Å². The van der Waals surface area contributed by atoms with Gasteiger partial charge in [-0.15, -0.1) is 0 Å². The Balaban J connectivity index is 0.000000192. The number of nitrogens with one attached hydrogen (secondary N) is 2. The Morgan fingerprint density at radius 3 is 1.41 bits per heavy atom. The van der Waals surface area contributed by atoms with Crippen molar-refractivity contribution in [2.45, 2.75) is 20.8 Å². The van der Waals surface area contributed by atoms with Crippen LogP contribution in [0.15, 0.2) is 170 Å². The second-order valence-electron chi connectivity index (χ2n) is 14.8. The molecule has 0 aliphatic carbocycles. The molecule has 0 fully saturated rings. The number of hydrogen-bond acceptors (Lipinski definition) is 9. The third kappa shape index (κ3) is 10.6. The number of benzene rings is 6. The number of aryl methyl sites for hydroxylation is 2. The Morgan fingerprint density at radius 2 is 0.969 bits per heavy atom. The molecular weight excluding hydrogens is 801 g/mol. The number of hydrogen-bond donors (Lipinski definition) is 3. The van der Waals surface area contributed by atoms with Gasteiger partial charge in [-0.05, 0) is 92.6 Å². The van der Waals surface area contributed by atoms with Crippen molar-refractivity contribution < 1.29 is 28.9 Å². The SMILES string of the molecule is CCOC(=O)c1cc(C)ccc1Nc1cnc(-c2cccc(OC)c2)c(-c2ccccc2)c1.COc1cccc(-c2ncc(Nc3ccc(C)cc3C(=O)O)cc2-c2ccccc2)c1. The molecule has 3 N–H and O–H groups in total. The summed E-state index contributed by atoms with van der Waals surface area (Å²) in [5, 5.41) is 16.2. The molecule has 6 aromatic carbocycles. The van der Waals surface area contributed by atoms with E-state index in [1.165, 1.54) is 0 Å². The van der Waals surface area contributed by atoms with Crippen molar-refractivity contribution in [1.82, 2.24) is 9.97 Å². The first-order valence-corrected chi connectivity index (χ1v) is 20.7. The van der Waals surface area contributed by atoms with Crippen LogP contribution in [0.1, 0.15) is 38.8 Å². The highest BCUT2D eigenvalue weighted by Gasteiger charge is 2.17. The molecule has 0 amide bonds. The summed E-state index contributed by atoms with van der Waals surface area (Å²) in [4.78, 5) is 33.7. The van der Waals surface area contributed by atoms with Crippen molar-refractivity contribution in [3.05, 3.63) is 192 Å². The first-order valence-electron chi connectivity index (χ1n) is 20.7. The predicted octanol–water partition coefficient (Wildman–Crippen LogP) is 12.8. The minimum Gasteiger partial charge on any atom is -0.497 e. The average Bonchev–Trinajstić information content (AvgIpc) is 3.33.